The highest BCUT2D eigenvalue weighted by Crippen LogP contribution is 2.04. The van der Waals surface area contributed by atoms with Crippen molar-refractivity contribution < 1.29 is 24.2 Å². The lowest BCUT2D eigenvalue weighted by atomic mass is 10.2. The molecule has 0 unspecified atom stereocenters. The van der Waals surface area contributed by atoms with Crippen molar-refractivity contribution in [3.05, 3.63) is 29.8 Å². The zero-order valence-electron chi connectivity index (χ0n) is 8.76. The minimum Gasteiger partial charge on any atom is -0.480 e. The number of aliphatic hydroxyl groups is 1. The quantitative estimate of drug-likeness (QED) is 0.620. The summed E-state index contributed by atoms with van der Waals surface area (Å²) in [6.45, 7) is -0.396. The van der Waals surface area contributed by atoms with Crippen LogP contribution in [0.25, 0.3) is 0 Å². The van der Waals surface area contributed by atoms with Crippen LogP contribution >= 0.6 is 0 Å². The van der Waals surface area contributed by atoms with Crippen LogP contribution in [0.5, 0.6) is 0 Å². The van der Waals surface area contributed by atoms with Gasteiger partial charge in [0.15, 0.2) is 0 Å². The maximum absolute atomic E-state index is 13.1. The number of pyridine rings is 1. The number of hydrogen-bond donors (Lipinski definition) is 3. The van der Waals surface area contributed by atoms with Gasteiger partial charge in [-0.05, 0) is 12.1 Å². The molecule has 1 aromatic heterocycles. The normalized spacial score (nSPS) is 11.9. The van der Waals surface area contributed by atoms with E-state index in [-0.39, 0.29) is 12.0 Å². The van der Waals surface area contributed by atoms with Gasteiger partial charge in [-0.25, -0.2) is 9.78 Å². The van der Waals surface area contributed by atoms with Gasteiger partial charge in [-0.3, -0.25) is 4.79 Å². The number of amides is 1. The molecule has 6 nitrogen and oxygen atoms in total. The summed E-state index contributed by atoms with van der Waals surface area (Å²) in [6.07, 6.45) is 1.03. The molecule has 0 saturated heterocycles. The first kappa shape index (κ1) is 13.0. The second-order valence-electron chi connectivity index (χ2n) is 3.22. The molecule has 1 rings (SSSR count). The van der Waals surface area contributed by atoms with Crippen molar-refractivity contribution in [2.45, 2.75) is 12.5 Å². The van der Waals surface area contributed by atoms with E-state index in [0.717, 1.165) is 0 Å². The van der Waals surface area contributed by atoms with Crippen molar-refractivity contribution >= 4 is 11.9 Å². The highest BCUT2D eigenvalue weighted by Gasteiger charge is 2.21. The third-order valence-electron chi connectivity index (χ3n) is 2.02. The molecule has 0 aliphatic carbocycles. The zero-order chi connectivity index (χ0) is 12.8. The number of carbonyl (C=O) groups excluding carboxylic acids is 1. The molecule has 0 saturated carbocycles. The molecule has 7 heteroatoms. The Morgan fingerprint density at radius 1 is 1.53 bits per heavy atom. The summed E-state index contributed by atoms with van der Waals surface area (Å²) >= 11 is 0. The summed E-state index contributed by atoms with van der Waals surface area (Å²) in [4.78, 5) is 25.5. The fraction of sp³-hybridized carbons (Fsp3) is 0.300. The number of rotatable bonds is 5. The number of carboxylic acid groups (broad SMARTS) is 1. The van der Waals surface area contributed by atoms with Crippen LogP contribution in [0, 0.1) is 5.95 Å². The zero-order valence-corrected chi connectivity index (χ0v) is 8.76. The van der Waals surface area contributed by atoms with Gasteiger partial charge < -0.3 is 15.5 Å². The number of halogens is 1. The number of nitrogens with one attached hydrogen (secondary N) is 1. The Labute approximate surface area is 96.1 Å². The molecule has 1 heterocycles. The molecule has 3 N–H and O–H groups in total. The van der Waals surface area contributed by atoms with Crippen LogP contribution in [0.2, 0.25) is 0 Å². The molecule has 0 aliphatic heterocycles. The lowest BCUT2D eigenvalue weighted by molar-refractivity contribution is -0.139. The van der Waals surface area contributed by atoms with E-state index in [1.807, 2.05) is 0 Å². The van der Waals surface area contributed by atoms with Gasteiger partial charge in [0.05, 0.1) is 5.56 Å². The molecule has 92 valence electrons. The van der Waals surface area contributed by atoms with E-state index in [0.29, 0.717) is 0 Å². The molecule has 0 bridgehead atoms. The number of carbonyl (C=O) groups is 2. The first-order chi connectivity index (χ1) is 8.06. The van der Waals surface area contributed by atoms with Gasteiger partial charge >= 0.3 is 5.97 Å². The first-order valence-electron chi connectivity index (χ1n) is 4.81. The number of nitrogens with zero attached hydrogens (tertiary/aromatic N) is 1. The van der Waals surface area contributed by atoms with E-state index in [2.05, 4.69) is 10.3 Å². The molecular weight excluding hydrogens is 231 g/mol. The Bertz CT molecular complexity index is 425. The topological polar surface area (TPSA) is 99.5 Å². The summed E-state index contributed by atoms with van der Waals surface area (Å²) in [5.41, 5.74) is -0.336. The Morgan fingerprint density at radius 2 is 2.24 bits per heavy atom. The standard InChI is InChI=1S/C10H11FN2O4/c11-8-6(2-1-4-12-8)9(15)13-7(3-5-14)10(16)17/h1-2,4,7,14H,3,5H2,(H,13,15)(H,16,17)/t7-/m0/s1. The minimum absolute atomic E-state index is 0.150. The Hall–Kier alpha value is -2.02. The fourth-order valence-corrected chi connectivity index (χ4v) is 1.18. The highest BCUT2D eigenvalue weighted by atomic mass is 19.1. The van der Waals surface area contributed by atoms with E-state index in [1.165, 1.54) is 18.3 Å². The maximum Gasteiger partial charge on any atom is 0.326 e. The second-order valence-corrected chi connectivity index (χ2v) is 3.22. The molecule has 0 spiro atoms. The molecular formula is C10H11FN2O4. The summed E-state index contributed by atoms with van der Waals surface area (Å²) in [7, 11) is 0. The van der Waals surface area contributed by atoms with Gasteiger partial charge in [-0.1, -0.05) is 0 Å². The van der Waals surface area contributed by atoms with Crippen molar-refractivity contribution in [1.82, 2.24) is 10.3 Å². The van der Waals surface area contributed by atoms with Gasteiger partial charge in [0, 0.05) is 19.2 Å². The highest BCUT2D eigenvalue weighted by molar-refractivity contribution is 5.96. The van der Waals surface area contributed by atoms with E-state index in [4.69, 9.17) is 10.2 Å². The summed E-state index contributed by atoms with van der Waals surface area (Å²) in [5.74, 6) is -3.15. The van der Waals surface area contributed by atoms with Crippen LogP contribution in [-0.2, 0) is 4.79 Å². The third kappa shape index (κ3) is 3.49. The average molecular weight is 242 g/mol. The van der Waals surface area contributed by atoms with Crippen LogP contribution in [-0.4, -0.2) is 39.7 Å². The summed E-state index contributed by atoms with van der Waals surface area (Å²) in [5, 5.41) is 19.5. The molecule has 1 aromatic rings. The number of aliphatic hydroxyl groups excluding tert-OH is 1. The predicted octanol–water partition coefficient (Wildman–Crippen LogP) is -0.214. The first-order valence-corrected chi connectivity index (χ1v) is 4.81. The van der Waals surface area contributed by atoms with Gasteiger partial charge in [-0.15, -0.1) is 0 Å². The van der Waals surface area contributed by atoms with E-state index in [9.17, 15) is 14.0 Å². The summed E-state index contributed by atoms with van der Waals surface area (Å²) < 4.78 is 13.1. The lowest BCUT2D eigenvalue weighted by Gasteiger charge is -2.13. The average Bonchev–Trinajstić information content (AvgIpc) is 2.28. The maximum atomic E-state index is 13.1. The van der Waals surface area contributed by atoms with E-state index in [1.54, 1.807) is 0 Å². The van der Waals surface area contributed by atoms with Crippen LogP contribution in [0.15, 0.2) is 18.3 Å². The fourth-order valence-electron chi connectivity index (χ4n) is 1.18. The molecule has 0 fully saturated rings. The van der Waals surface area contributed by atoms with Crippen molar-refractivity contribution in [1.29, 1.82) is 0 Å². The smallest absolute Gasteiger partial charge is 0.326 e. The largest absolute Gasteiger partial charge is 0.480 e. The van der Waals surface area contributed by atoms with Crippen molar-refractivity contribution in [2.24, 2.45) is 0 Å². The number of hydrogen-bond acceptors (Lipinski definition) is 4. The molecule has 1 atom stereocenters. The van der Waals surface area contributed by atoms with Crippen LogP contribution in [0.3, 0.4) is 0 Å². The Balaban J connectivity index is 2.77. The predicted molar refractivity (Wildman–Crippen MR) is 54.8 cm³/mol. The second kappa shape index (κ2) is 5.90. The Morgan fingerprint density at radius 3 is 2.76 bits per heavy atom. The molecule has 0 aliphatic rings. The van der Waals surface area contributed by atoms with Crippen LogP contribution < -0.4 is 5.32 Å². The SMILES string of the molecule is O=C(N[C@@H](CCO)C(=O)O)c1cccnc1F. The Kier molecular flexibility index (Phi) is 4.53. The van der Waals surface area contributed by atoms with E-state index < -0.39 is 30.5 Å². The van der Waals surface area contributed by atoms with Gasteiger partial charge in [0.1, 0.15) is 6.04 Å². The third-order valence-corrected chi connectivity index (χ3v) is 2.02. The summed E-state index contributed by atoms with van der Waals surface area (Å²) in [6, 6.07) is 1.29. The van der Waals surface area contributed by atoms with Gasteiger partial charge in [0.2, 0.25) is 5.95 Å². The van der Waals surface area contributed by atoms with E-state index >= 15 is 0 Å². The molecule has 1 amide bonds. The molecule has 0 aromatic carbocycles. The van der Waals surface area contributed by atoms with Crippen molar-refractivity contribution in [2.75, 3.05) is 6.61 Å². The molecule has 0 radical (unpaired) electrons. The van der Waals surface area contributed by atoms with Crippen molar-refractivity contribution in [3.63, 3.8) is 0 Å². The lowest BCUT2D eigenvalue weighted by Crippen LogP contribution is -2.41. The molecule has 17 heavy (non-hydrogen) atoms. The van der Waals surface area contributed by atoms with Gasteiger partial charge in [0.25, 0.3) is 5.91 Å². The number of aromatic nitrogens is 1. The number of aliphatic carboxylic acids is 1. The number of carboxylic acids is 1. The minimum atomic E-state index is -1.29. The van der Waals surface area contributed by atoms with Crippen molar-refractivity contribution in [3.8, 4) is 0 Å². The van der Waals surface area contributed by atoms with Crippen LogP contribution in [0.4, 0.5) is 4.39 Å². The monoisotopic (exact) mass is 242 g/mol. The van der Waals surface area contributed by atoms with Crippen LogP contribution in [0.1, 0.15) is 16.8 Å². The van der Waals surface area contributed by atoms with Gasteiger partial charge in [-0.2, -0.15) is 4.39 Å².